The zero-order valence-corrected chi connectivity index (χ0v) is 14.3. The zero-order chi connectivity index (χ0) is 18.1. The average molecular weight is 352 g/mol. The standard InChI is InChI=1S/C18H20N6O2/c19-6-8-20-9-11-1-3-12(4-2-11)24-15-13-5-7-21-16(13)22-10-14(15)17(25)23-18(24)26/h5,7,10-12,20H,1-4,8-9H2,(H,21,22)(H,23,25,26). The maximum Gasteiger partial charge on any atom is 0.329 e. The number of fused-ring (bicyclic) bond motifs is 3. The van der Waals surface area contributed by atoms with E-state index in [4.69, 9.17) is 5.26 Å². The second-order valence-corrected chi connectivity index (χ2v) is 6.85. The van der Waals surface area contributed by atoms with Gasteiger partial charge in [-0.05, 0) is 44.2 Å². The van der Waals surface area contributed by atoms with Gasteiger partial charge < -0.3 is 10.3 Å². The molecule has 1 saturated carbocycles. The average Bonchev–Trinajstić information content (AvgIpc) is 3.12. The van der Waals surface area contributed by atoms with Crippen molar-refractivity contribution in [2.45, 2.75) is 31.7 Å². The normalized spacial score (nSPS) is 20.4. The Morgan fingerprint density at radius 2 is 2.08 bits per heavy atom. The van der Waals surface area contributed by atoms with Crippen molar-refractivity contribution in [1.82, 2.24) is 24.8 Å². The van der Waals surface area contributed by atoms with Crippen LogP contribution in [0.2, 0.25) is 0 Å². The molecule has 3 heterocycles. The van der Waals surface area contributed by atoms with Crippen molar-refractivity contribution >= 4 is 21.9 Å². The summed E-state index contributed by atoms with van der Waals surface area (Å²) >= 11 is 0. The van der Waals surface area contributed by atoms with E-state index in [1.165, 1.54) is 6.20 Å². The number of nitrogens with one attached hydrogen (secondary N) is 3. The largest absolute Gasteiger partial charge is 0.346 e. The first-order valence-corrected chi connectivity index (χ1v) is 8.87. The van der Waals surface area contributed by atoms with Crippen LogP contribution in [-0.4, -0.2) is 32.6 Å². The molecule has 0 spiro atoms. The maximum atomic E-state index is 12.6. The molecule has 0 saturated heterocycles. The van der Waals surface area contributed by atoms with Gasteiger partial charge in [-0.1, -0.05) is 0 Å². The summed E-state index contributed by atoms with van der Waals surface area (Å²) in [5.41, 5.74) is 0.579. The van der Waals surface area contributed by atoms with Gasteiger partial charge in [0.25, 0.3) is 5.56 Å². The summed E-state index contributed by atoms with van der Waals surface area (Å²) in [7, 11) is 0. The molecule has 8 heteroatoms. The smallest absolute Gasteiger partial charge is 0.329 e. The van der Waals surface area contributed by atoms with E-state index in [9.17, 15) is 9.59 Å². The molecule has 26 heavy (non-hydrogen) atoms. The summed E-state index contributed by atoms with van der Waals surface area (Å²) in [5, 5.41) is 13.0. The van der Waals surface area contributed by atoms with Crippen LogP contribution in [0.15, 0.2) is 28.0 Å². The van der Waals surface area contributed by atoms with Gasteiger partial charge in [-0.25, -0.2) is 9.78 Å². The van der Waals surface area contributed by atoms with E-state index in [2.05, 4.69) is 26.3 Å². The van der Waals surface area contributed by atoms with Crippen molar-refractivity contribution < 1.29 is 0 Å². The lowest BCUT2D eigenvalue weighted by Crippen LogP contribution is -2.35. The number of aromatic nitrogens is 4. The second kappa shape index (κ2) is 6.77. The summed E-state index contributed by atoms with van der Waals surface area (Å²) < 4.78 is 1.74. The van der Waals surface area contributed by atoms with Crippen molar-refractivity contribution in [2.24, 2.45) is 5.92 Å². The lowest BCUT2D eigenvalue weighted by atomic mass is 9.85. The van der Waals surface area contributed by atoms with Crippen molar-refractivity contribution in [1.29, 1.82) is 5.26 Å². The number of hydrogen-bond donors (Lipinski definition) is 3. The Kier molecular flexibility index (Phi) is 4.31. The van der Waals surface area contributed by atoms with Gasteiger partial charge in [0.15, 0.2) is 0 Å². The van der Waals surface area contributed by atoms with Crippen LogP contribution in [0.5, 0.6) is 0 Å². The van der Waals surface area contributed by atoms with Gasteiger partial charge in [-0.2, -0.15) is 5.26 Å². The number of pyridine rings is 1. The molecule has 0 amide bonds. The molecule has 3 aromatic rings. The van der Waals surface area contributed by atoms with Gasteiger partial charge in [0, 0.05) is 23.8 Å². The van der Waals surface area contributed by atoms with Crippen LogP contribution in [-0.2, 0) is 0 Å². The number of nitriles is 1. The van der Waals surface area contributed by atoms with Crippen LogP contribution in [0, 0.1) is 17.2 Å². The number of nitrogens with zero attached hydrogens (tertiary/aromatic N) is 3. The molecule has 8 nitrogen and oxygen atoms in total. The van der Waals surface area contributed by atoms with E-state index >= 15 is 0 Å². The van der Waals surface area contributed by atoms with E-state index in [0.717, 1.165) is 37.6 Å². The molecule has 0 aromatic carbocycles. The van der Waals surface area contributed by atoms with Crippen molar-refractivity contribution in [3.63, 3.8) is 0 Å². The topological polar surface area (TPSA) is 119 Å². The molecule has 0 atom stereocenters. The van der Waals surface area contributed by atoms with Gasteiger partial charge in [0.1, 0.15) is 5.65 Å². The third-order valence-corrected chi connectivity index (χ3v) is 5.30. The number of aromatic amines is 2. The third-order valence-electron chi connectivity index (χ3n) is 5.30. The fraction of sp³-hybridized carbons (Fsp3) is 0.444. The molecule has 0 aliphatic heterocycles. The molecule has 3 N–H and O–H groups in total. The Labute approximate surface area is 148 Å². The van der Waals surface area contributed by atoms with E-state index in [-0.39, 0.29) is 11.7 Å². The predicted molar refractivity (Wildman–Crippen MR) is 98.0 cm³/mol. The van der Waals surface area contributed by atoms with E-state index < -0.39 is 5.56 Å². The fourth-order valence-corrected chi connectivity index (χ4v) is 4.03. The first kappa shape index (κ1) is 16.5. The van der Waals surface area contributed by atoms with Gasteiger partial charge in [0.05, 0.1) is 23.5 Å². The molecule has 1 aliphatic carbocycles. The van der Waals surface area contributed by atoms with Crippen LogP contribution in [0.3, 0.4) is 0 Å². The van der Waals surface area contributed by atoms with Gasteiger partial charge in [0.2, 0.25) is 0 Å². The summed E-state index contributed by atoms with van der Waals surface area (Å²) in [5.74, 6) is 0.512. The van der Waals surface area contributed by atoms with Crippen LogP contribution >= 0.6 is 0 Å². The monoisotopic (exact) mass is 352 g/mol. The minimum atomic E-state index is -0.397. The minimum Gasteiger partial charge on any atom is -0.346 e. The maximum absolute atomic E-state index is 12.6. The summed E-state index contributed by atoms with van der Waals surface area (Å²) in [6.45, 7) is 1.19. The Morgan fingerprint density at radius 3 is 2.85 bits per heavy atom. The van der Waals surface area contributed by atoms with Crippen LogP contribution in [0.4, 0.5) is 0 Å². The van der Waals surface area contributed by atoms with E-state index in [0.29, 0.717) is 29.0 Å². The number of H-pyrrole nitrogens is 2. The fourth-order valence-electron chi connectivity index (χ4n) is 4.03. The molecule has 4 rings (SSSR count). The zero-order valence-electron chi connectivity index (χ0n) is 14.3. The highest BCUT2D eigenvalue weighted by molar-refractivity contribution is 6.01. The molecule has 134 valence electrons. The molecule has 3 aromatic heterocycles. The number of rotatable bonds is 4. The molecule has 0 radical (unpaired) electrons. The molecule has 1 fully saturated rings. The molecule has 1 aliphatic rings. The molecular weight excluding hydrogens is 332 g/mol. The number of hydrogen-bond acceptors (Lipinski definition) is 5. The van der Waals surface area contributed by atoms with Gasteiger partial charge >= 0.3 is 5.69 Å². The highest BCUT2D eigenvalue weighted by atomic mass is 16.2. The van der Waals surface area contributed by atoms with Gasteiger partial charge in [-0.15, -0.1) is 0 Å². The summed E-state index contributed by atoms with van der Waals surface area (Å²) in [6.07, 6.45) is 7.00. The lowest BCUT2D eigenvalue weighted by Gasteiger charge is -2.30. The Hall–Kier alpha value is -2.92. The van der Waals surface area contributed by atoms with Crippen LogP contribution in [0.1, 0.15) is 31.7 Å². The Morgan fingerprint density at radius 1 is 1.27 bits per heavy atom. The van der Waals surface area contributed by atoms with E-state index in [1.54, 1.807) is 10.8 Å². The third kappa shape index (κ3) is 2.80. The molecule has 0 bridgehead atoms. The second-order valence-electron chi connectivity index (χ2n) is 6.85. The first-order valence-electron chi connectivity index (χ1n) is 8.87. The Bertz CT molecular complexity index is 1090. The van der Waals surface area contributed by atoms with Gasteiger partial charge in [-0.3, -0.25) is 14.3 Å². The van der Waals surface area contributed by atoms with Crippen molar-refractivity contribution in [2.75, 3.05) is 13.1 Å². The van der Waals surface area contributed by atoms with Crippen LogP contribution in [0.25, 0.3) is 21.9 Å². The first-order chi connectivity index (χ1) is 12.7. The highest BCUT2D eigenvalue weighted by Gasteiger charge is 2.25. The van der Waals surface area contributed by atoms with Crippen molar-refractivity contribution in [3.05, 3.63) is 39.3 Å². The summed E-state index contributed by atoms with van der Waals surface area (Å²) in [4.78, 5) is 34.6. The van der Waals surface area contributed by atoms with E-state index in [1.807, 2.05) is 6.07 Å². The Balaban J connectivity index is 1.71. The van der Waals surface area contributed by atoms with Crippen molar-refractivity contribution in [3.8, 4) is 6.07 Å². The lowest BCUT2D eigenvalue weighted by molar-refractivity contribution is 0.269. The van der Waals surface area contributed by atoms with Crippen LogP contribution < -0.4 is 16.6 Å². The SMILES string of the molecule is N#CCNCC1CCC(n2c(=O)[nH]c(=O)c3cnc4[nH]ccc4c32)CC1. The molecule has 0 unspecified atom stereocenters. The highest BCUT2D eigenvalue weighted by Crippen LogP contribution is 2.33. The summed E-state index contributed by atoms with van der Waals surface area (Å²) in [6, 6.07) is 4.00. The molecular formula is C18H20N6O2. The quantitative estimate of drug-likeness (QED) is 0.484. The minimum absolute atomic E-state index is 0.0505. The predicted octanol–water partition coefficient (Wildman–Crippen LogP) is 1.41.